The van der Waals surface area contributed by atoms with Crippen molar-refractivity contribution in [3.8, 4) is 0 Å². The second kappa shape index (κ2) is 4.57. The summed E-state index contributed by atoms with van der Waals surface area (Å²) < 4.78 is 26.6. The zero-order valence-corrected chi connectivity index (χ0v) is 10.4. The van der Waals surface area contributed by atoms with E-state index in [-0.39, 0.29) is 11.8 Å². The van der Waals surface area contributed by atoms with Crippen molar-refractivity contribution in [3.63, 3.8) is 0 Å². The molecule has 14 heavy (non-hydrogen) atoms. The average molecular weight is 301 g/mol. The van der Waals surface area contributed by atoms with Gasteiger partial charge >= 0.3 is 0 Å². The molecule has 0 saturated heterocycles. The third-order valence-corrected chi connectivity index (χ3v) is 2.43. The van der Waals surface area contributed by atoms with E-state index in [1.165, 1.54) is 0 Å². The highest BCUT2D eigenvalue weighted by molar-refractivity contribution is 9.10. The first-order chi connectivity index (χ1) is 6.37. The summed E-state index contributed by atoms with van der Waals surface area (Å²) >= 11 is 8.86. The van der Waals surface area contributed by atoms with Gasteiger partial charge in [-0.1, -0.05) is 27.5 Å². The van der Waals surface area contributed by atoms with Crippen molar-refractivity contribution in [2.45, 2.75) is 6.61 Å². The van der Waals surface area contributed by atoms with Crippen LogP contribution >= 0.6 is 27.5 Å². The van der Waals surface area contributed by atoms with Crippen LogP contribution in [0.25, 0.3) is 0 Å². The van der Waals surface area contributed by atoms with Crippen molar-refractivity contribution in [2.24, 2.45) is 0 Å². The standard InChI is InChI=1S/C7H7BrClNO3S/c1-14(11,12)13-4-6-2-5(8)3-7(9)10-6/h2-3H,4H2,1H3. The van der Waals surface area contributed by atoms with Gasteiger partial charge in [-0.15, -0.1) is 0 Å². The van der Waals surface area contributed by atoms with Crippen LogP contribution in [-0.2, 0) is 20.9 Å². The highest BCUT2D eigenvalue weighted by Gasteiger charge is 2.05. The quantitative estimate of drug-likeness (QED) is 0.632. The van der Waals surface area contributed by atoms with Crippen LogP contribution in [0.1, 0.15) is 5.69 Å². The Kier molecular flexibility index (Phi) is 3.88. The number of hydrogen-bond donors (Lipinski definition) is 0. The minimum Gasteiger partial charge on any atom is -0.264 e. The zero-order chi connectivity index (χ0) is 10.8. The minimum atomic E-state index is -3.45. The molecule has 0 aliphatic rings. The largest absolute Gasteiger partial charge is 0.264 e. The molecule has 1 rings (SSSR count). The van der Waals surface area contributed by atoms with Crippen molar-refractivity contribution in [3.05, 3.63) is 27.5 Å². The lowest BCUT2D eigenvalue weighted by molar-refractivity contribution is 0.307. The van der Waals surface area contributed by atoms with Crippen LogP contribution in [-0.4, -0.2) is 19.7 Å². The molecule has 0 N–H and O–H groups in total. The normalized spacial score (nSPS) is 11.6. The Hall–Kier alpha value is -0.170. The second-order valence-electron chi connectivity index (χ2n) is 2.57. The van der Waals surface area contributed by atoms with Crippen molar-refractivity contribution >= 4 is 37.6 Å². The molecule has 0 saturated carbocycles. The van der Waals surface area contributed by atoms with Crippen LogP contribution in [0.4, 0.5) is 0 Å². The van der Waals surface area contributed by atoms with Gasteiger partial charge < -0.3 is 0 Å². The first-order valence-corrected chi connectivity index (χ1v) is 6.52. The number of halogens is 2. The molecule has 0 unspecified atom stereocenters. The third-order valence-electron chi connectivity index (χ3n) is 1.23. The fourth-order valence-electron chi connectivity index (χ4n) is 0.758. The summed E-state index contributed by atoms with van der Waals surface area (Å²) in [4.78, 5) is 3.88. The van der Waals surface area contributed by atoms with Crippen LogP contribution in [0.3, 0.4) is 0 Å². The topological polar surface area (TPSA) is 56.3 Å². The molecular weight excluding hydrogens is 294 g/mol. The molecule has 0 atom stereocenters. The lowest BCUT2D eigenvalue weighted by Gasteiger charge is -2.02. The summed E-state index contributed by atoms with van der Waals surface area (Å²) in [5.41, 5.74) is 0.454. The van der Waals surface area contributed by atoms with E-state index in [9.17, 15) is 8.42 Å². The van der Waals surface area contributed by atoms with Gasteiger partial charge in [-0.2, -0.15) is 8.42 Å². The van der Waals surface area contributed by atoms with Crippen molar-refractivity contribution in [1.29, 1.82) is 0 Å². The van der Waals surface area contributed by atoms with Gasteiger partial charge in [0.2, 0.25) is 0 Å². The lowest BCUT2D eigenvalue weighted by Crippen LogP contribution is -2.03. The number of hydrogen-bond acceptors (Lipinski definition) is 4. The number of nitrogens with zero attached hydrogens (tertiary/aromatic N) is 1. The van der Waals surface area contributed by atoms with Gasteiger partial charge in [-0.05, 0) is 12.1 Å². The molecule has 0 bridgehead atoms. The van der Waals surface area contributed by atoms with Crippen LogP contribution in [0.2, 0.25) is 5.15 Å². The maximum atomic E-state index is 10.7. The smallest absolute Gasteiger partial charge is 0.264 e. The molecule has 1 aromatic heterocycles. The molecule has 0 aliphatic heterocycles. The Morgan fingerprint density at radius 3 is 2.71 bits per heavy atom. The van der Waals surface area contributed by atoms with Crippen LogP contribution in [0, 0.1) is 0 Å². The van der Waals surface area contributed by atoms with Crippen molar-refractivity contribution < 1.29 is 12.6 Å². The third kappa shape index (κ3) is 4.36. The Balaban J connectivity index is 2.78. The summed E-state index contributed by atoms with van der Waals surface area (Å²) in [5.74, 6) is 0. The Bertz CT molecular complexity index is 414. The van der Waals surface area contributed by atoms with Gasteiger partial charge in [-0.25, -0.2) is 4.98 Å². The summed E-state index contributed by atoms with van der Waals surface area (Å²) in [6.45, 7) is -0.113. The average Bonchev–Trinajstić information content (AvgIpc) is 1.97. The predicted molar refractivity (Wildman–Crippen MR) is 56.6 cm³/mol. The SMILES string of the molecule is CS(=O)(=O)OCc1cc(Br)cc(Cl)n1. The molecule has 7 heteroatoms. The summed E-state index contributed by atoms with van der Waals surface area (Å²) in [6, 6.07) is 3.24. The molecule has 0 radical (unpaired) electrons. The van der Waals surface area contributed by atoms with E-state index in [0.29, 0.717) is 5.69 Å². The van der Waals surface area contributed by atoms with E-state index in [0.717, 1.165) is 10.7 Å². The van der Waals surface area contributed by atoms with E-state index in [2.05, 4.69) is 25.1 Å². The molecule has 0 aromatic carbocycles. The number of pyridine rings is 1. The van der Waals surface area contributed by atoms with Gasteiger partial charge in [-0.3, -0.25) is 4.18 Å². The molecule has 1 aromatic rings. The van der Waals surface area contributed by atoms with E-state index < -0.39 is 10.1 Å². The van der Waals surface area contributed by atoms with Gasteiger partial charge in [0.25, 0.3) is 10.1 Å². The zero-order valence-electron chi connectivity index (χ0n) is 7.20. The second-order valence-corrected chi connectivity index (χ2v) is 5.51. The van der Waals surface area contributed by atoms with E-state index in [4.69, 9.17) is 11.6 Å². The summed E-state index contributed by atoms with van der Waals surface area (Å²) in [7, 11) is -3.45. The molecular formula is C7H7BrClNO3S. The molecule has 0 spiro atoms. The van der Waals surface area contributed by atoms with Gasteiger partial charge in [0.15, 0.2) is 0 Å². The Labute approximate surface area is 95.5 Å². The van der Waals surface area contributed by atoms with Crippen molar-refractivity contribution in [2.75, 3.05) is 6.26 Å². The number of aromatic nitrogens is 1. The van der Waals surface area contributed by atoms with Crippen LogP contribution in [0.5, 0.6) is 0 Å². The Morgan fingerprint density at radius 2 is 2.21 bits per heavy atom. The van der Waals surface area contributed by atoms with Gasteiger partial charge in [0, 0.05) is 4.47 Å². The van der Waals surface area contributed by atoms with Crippen LogP contribution < -0.4 is 0 Å². The first-order valence-electron chi connectivity index (χ1n) is 3.53. The number of rotatable bonds is 3. The lowest BCUT2D eigenvalue weighted by atomic mass is 10.4. The minimum absolute atomic E-state index is 0.113. The highest BCUT2D eigenvalue weighted by Crippen LogP contribution is 2.16. The molecule has 0 fully saturated rings. The van der Waals surface area contributed by atoms with E-state index in [1.807, 2.05) is 0 Å². The monoisotopic (exact) mass is 299 g/mol. The fraction of sp³-hybridized carbons (Fsp3) is 0.286. The van der Waals surface area contributed by atoms with E-state index >= 15 is 0 Å². The van der Waals surface area contributed by atoms with Crippen molar-refractivity contribution in [1.82, 2.24) is 4.98 Å². The maximum Gasteiger partial charge on any atom is 0.264 e. The van der Waals surface area contributed by atoms with E-state index in [1.54, 1.807) is 12.1 Å². The molecule has 0 aliphatic carbocycles. The molecule has 78 valence electrons. The van der Waals surface area contributed by atoms with Gasteiger partial charge in [0.05, 0.1) is 11.9 Å². The highest BCUT2D eigenvalue weighted by atomic mass is 79.9. The fourth-order valence-corrected chi connectivity index (χ4v) is 1.93. The van der Waals surface area contributed by atoms with Gasteiger partial charge in [0.1, 0.15) is 11.8 Å². The molecule has 4 nitrogen and oxygen atoms in total. The maximum absolute atomic E-state index is 10.7. The van der Waals surface area contributed by atoms with Crippen LogP contribution in [0.15, 0.2) is 16.6 Å². The summed E-state index contributed by atoms with van der Waals surface area (Å²) in [5, 5.41) is 0.284. The summed E-state index contributed by atoms with van der Waals surface area (Å²) in [6.07, 6.45) is 0.979. The Morgan fingerprint density at radius 1 is 1.57 bits per heavy atom. The molecule has 1 heterocycles. The molecule has 0 amide bonds. The first kappa shape index (κ1) is 11.9. The predicted octanol–water partition coefficient (Wildman–Crippen LogP) is 1.97.